The second kappa shape index (κ2) is 7.45. The van der Waals surface area contributed by atoms with Crippen LogP contribution in [0.5, 0.6) is 0 Å². The number of rotatable bonds is 5. The number of pyridine rings is 2. The summed E-state index contributed by atoms with van der Waals surface area (Å²) < 4.78 is 26.9. The van der Waals surface area contributed by atoms with Crippen molar-refractivity contribution < 1.29 is 23.8 Å². The van der Waals surface area contributed by atoms with Gasteiger partial charge in [-0.2, -0.15) is 0 Å². The first-order valence-electron chi connectivity index (χ1n) is 12.0. The summed E-state index contributed by atoms with van der Waals surface area (Å²) in [7, 11) is 1.70. The maximum atomic E-state index is 14.6. The lowest BCUT2D eigenvalue weighted by molar-refractivity contribution is -0.172. The molecule has 35 heavy (non-hydrogen) atoms. The minimum absolute atomic E-state index is 0.0286. The molecular weight excluding hydrogens is 451 g/mol. The molecule has 1 fully saturated rings. The monoisotopic (exact) mass is 478 g/mol. The summed E-state index contributed by atoms with van der Waals surface area (Å²) in [4.78, 5) is 30.8. The summed E-state index contributed by atoms with van der Waals surface area (Å²) in [6, 6.07) is 4.99. The molecule has 2 aliphatic heterocycles. The number of benzene rings is 1. The number of carbonyl (C=O) groups is 1. The van der Waals surface area contributed by atoms with Gasteiger partial charge in [0, 0.05) is 29.7 Å². The zero-order valence-corrected chi connectivity index (χ0v) is 20.0. The highest BCUT2D eigenvalue weighted by Gasteiger charge is 2.47. The number of methoxy groups -OCH3 is 1. The van der Waals surface area contributed by atoms with Crippen LogP contribution in [-0.4, -0.2) is 34.3 Å². The zero-order chi connectivity index (χ0) is 24.7. The Balaban J connectivity index is 1.62. The molecule has 1 saturated carbocycles. The number of aromatic nitrogens is 2. The van der Waals surface area contributed by atoms with Crippen molar-refractivity contribution in [3.8, 4) is 11.4 Å². The minimum Gasteiger partial charge on any atom is -0.458 e. The number of hydrogen-bond acceptors (Lipinski definition) is 6. The molecule has 0 amide bonds. The molecule has 0 radical (unpaired) electrons. The highest BCUT2D eigenvalue weighted by Crippen LogP contribution is 2.51. The van der Waals surface area contributed by atoms with Gasteiger partial charge >= 0.3 is 5.97 Å². The standard InChI is InChI=1S/C27H27FN2O5/c1-4-27(33)19-8-22-23-17(11-30(22)24(31)18(19)12-35-25(27)32)16(10-26(5-6-26)13-34-3)15-7-14(2)20(28)9-21(15)29-23/h7-9,33H,4-6,10-13H2,1-3H3/t27-/m0/s1. The highest BCUT2D eigenvalue weighted by atomic mass is 19.1. The Bertz CT molecular complexity index is 1490. The molecule has 3 aromatic rings. The molecule has 8 heteroatoms. The molecule has 6 rings (SSSR count). The Labute approximate surface area is 201 Å². The van der Waals surface area contributed by atoms with Gasteiger partial charge in [0.05, 0.1) is 35.6 Å². The van der Waals surface area contributed by atoms with Gasteiger partial charge in [0.1, 0.15) is 12.4 Å². The van der Waals surface area contributed by atoms with E-state index in [2.05, 4.69) is 0 Å². The van der Waals surface area contributed by atoms with E-state index in [0.29, 0.717) is 35.6 Å². The molecule has 182 valence electrons. The molecule has 1 aromatic carbocycles. The first-order valence-corrected chi connectivity index (χ1v) is 12.0. The van der Waals surface area contributed by atoms with E-state index in [1.54, 1.807) is 31.6 Å². The van der Waals surface area contributed by atoms with Crippen LogP contribution in [-0.2, 0) is 39.4 Å². The zero-order valence-electron chi connectivity index (χ0n) is 20.0. The first-order chi connectivity index (χ1) is 16.7. The van der Waals surface area contributed by atoms with Crippen LogP contribution >= 0.6 is 0 Å². The molecule has 1 aliphatic carbocycles. The number of carbonyl (C=O) groups excluding carboxylic acids is 1. The highest BCUT2D eigenvalue weighted by molar-refractivity contribution is 5.89. The molecule has 0 saturated heterocycles. The molecule has 3 aliphatic rings. The fourth-order valence-corrected chi connectivity index (χ4v) is 5.72. The van der Waals surface area contributed by atoms with Crippen LogP contribution in [0.4, 0.5) is 4.39 Å². The number of esters is 1. The topological polar surface area (TPSA) is 90.7 Å². The van der Waals surface area contributed by atoms with E-state index in [-0.39, 0.29) is 40.9 Å². The lowest BCUT2D eigenvalue weighted by Gasteiger charge is -2.31. The normalized spacial score (nSPS) is 21.5. The van der Waals surface area contributed by atoms with Gasteiger partial charge in [-0.05, 0) is 61.3 Å². The van der Waals surface area contributed by atoms with Gasteiger partial charge < -0.3 is 19.1 Å². The second-order valence-corrected chi connectivity index (χ2v) is 10.2. The third-order valence-electron chi connectivity index (χ3n) is 8.05. The van der Waals surface area contributed by atoms with E-state index in [9.17, 15) is 19.1 Å². The fourth-order valence-electron chi connectivity index (χ4n) is 5.72. The Morgan fingerprint density at radius 2 is 2.00 bits per heavy atom. The van der Waals surface area contributed by atoms with Crippen molar-refractivity contribution in [1.82, 2.24) is 9.55 Å². The summed E-state index contributed by atoms with van der Waals surface area (Å²) in [6.07, 6.45) is 2.92. The van der Waals surface area contributed by atoms with Crippen molar-refractivity contribution in [2.24, 2.45) is 5.41 Å². The molecular formula is C27H27FN2O5. The maximum absolute atomic E-state index is 14.6. The molecule has 1 atom stereocenters. The summed E-state index contributed by atoms with van der Waals surface area (Å²) in [5.74, 6) is -1.09. The third-order valence-corrected chi connectivity index (χ3v) is 8.05. The van der Waals surface area contributed by atoms with E-state index in [0.717, 1.165) is 35.8 Å². The Morgan fingerprint density at radius 3 is 2.69 bits per heavy atom. The molecule has 7 nitrogen and oxygen atoms in total. The largest absolute Gasteiger partial charge is 0.458 e. The van der Waals surface area contributed by atoms with Crippen molar-refractivity contribution in [3.05, 3.63) is 62.2 Å². The van der Waals surface area contributed by atoms with Crippen molar-refractivity contribution >= 4 is 16.9 Å². The third kappa shape index (κ3) is 3.12. The predicted octanol–water partition coefficient (Wildman–Crippen LogP) is 3.50. The van der Waals surface area contributed by atoms with E-state index >= 15 is 0 Å². The second-order valence-electron chi connectivity index (χ2n) is 10.2. The van der Waals surface area contributed by atoms with E-state index in [1.807, 2.05) is 6.07 Å². The van der Waals surface area contributed by atoms with Crippen LogP contribution < -0.4 is 5.56 Å². The smallest absolute Gasteiger partial charge is 0.343 e. The number of aliphatic hydroxyl groups is 1. The minimum atomic E-state index is -1.88. The Kier molecular flexibility index (Phi) is 4.76. The average Bonchev–Trinajstić information content (AvgIpc) is 3.49. The number of cyclic esters (lactones) is 1. The van der Waals surface area contributed by atoms with E-state index in [4.69, 9.17) is 14.5 Å². The van der Waals surface area contributed by atoms with Gasteiger partial charge in [-0.3, -0.25) is 4.79 Å². The van der Waals surface area contributed by atoms with Crippen LogP contribution in [0.15, 0.2) is 23.0 Å². The van der Waals surface area contributed by atoms with Gasteiger partial charge in [0.25, 0.3) is 5.56 Å². The van der Waals surface area contributed by atoms with Crippen LogP contribution in [0.1, 0.15) is 54.0 Å². The van der Waals surface area contributed by atoms with Crippen LogP contribution in [0, 0.1) is 18.2 Å². The number of ether oxygens (including phenoxy) is 2. The summed E-state index contributed by atoms with van der Waals surface area (Å²) in [5.41, 5.74) is 2.60. The van der Waals surface area contributed by atoms with Gasteiger partial charge in [0.15, 0.2) is 5.60 Å². The summed E-state index contributed by atoms with van der Waals surface area (Å²) in [5, 5.41) is 12.0. The number of fused-ring (bicyclic) bond motifs is 5. The Hall–Kier alpha value is -3.10. The van der Waals surface area contributed by atoms with Crippen molar-refractivity contribution in [2.75, 3.05) is 13.7 Å². The van der Waals surface area contributed by atoms with Crippen molar-refractivity contribution in [1.29, 1.82) is 0 Å². The fraction of sp³-hybridized carbons (Fsp3) is 0.444. The Morgan fingerprint density at radius 1 is 1.23 bits per heavy atom. The lowest BCUT2D eigenvalue weighted by Crippen LogP contribution is -2.44. The van der Waals surface area contributed by atoms with E-state index < -0.39 is 11.6 Å². The SMILES string of the molecule is CC[C@@]1(O)C(=O)OCc2c1cc1n(c2=O)Cc2c-1nc1cc(F)c(C)cc1c2CC1(COC)CC1. The molecule has 2 aromatic heterocycles. The number of aryl methyl sites for hydroxylation is 1. The van der Waals surface area contributed by atoms with Gasteiger partial charge in [-0.15, -0.1) is 0 Å². The van der Waals surface area contributed by atoms with Crippen LogP contribution in [0.2, 0.25) is 0 Å². The van der Waals surface area contributed by atoms with Crippen molar-refractivity contribution in [3.63, 3.8) is 0 Å². The van der Waals surface area contributed by atoms with Crippen molar-refractivity contribution in [2.45, 2.75) is 58.3 Å². The van der Waals surface area contributed by atoms with Crippen LogP contribution in [0.3, 0.4) is 0 Å². The molecule has 0 unspecified atom stereocenters. The first kappa shape index (κ1) is 22.4. The maximum Gasteiger partial charge on any atom is 0.343 e. The van der Waals surface area contributed by atoms with Crippen LogP contribution in [0.25, 0.3) is 22.3 Å². The quantitative estimate of drug-likeness (QED) is 0.442. The van der Waals surface area contributed by atoms with Gasteiger partial charge in [-0.25, -0.2) is 14.2 Å². The van der Waals surface area contributed by atoms with Gasteiger partial charge in [0.2, 0.25) is 0 Å². The van der Waals surface area contributed by atoms with E-state index in [1.165, 1.54) is 6.07 Å². The molecule has 0 bridgehead atoms. The number of nitrogens with zero attached hydrogens (tertiary/aromatic N) is 2. The molecule has 0 spiro atoms. The molecule has 4 heterocycles. The predicted molar refractivity (Wildman–Crippen MR) is 126 cm³/mol. The average molecular weight is 479 g/mol. The van der Waals surface area contributed by atoms with Gasteiger partial charge in [-0.1, -0.05) is 6.92 Å². The molecule has 1 N–H and O–H groups in total. The summed E-state index contributed by atoms with van der Waals surface area (Å²) in [6.45, 7) is 4.21. The number of hydrogen-bond donors (Lipinski definition) is 1. The summed E-state index contributed by atoms with van der Waals surface area (Å²) >= 11 is 0. The number of halogens is 1. The lowest BCUT2D eigenvalue weighted by atomic mass is 9.86.